The number of carbonyl (C=O) groups is 2. The summed E-state index contributed by atoms with van der Waals surface area (Å²) in [7, 11) is 0. The molecule has 0 aliphatic rings. The number of nitrogens with zero attached hydrogens (tertiary/aromatic N) is 1. The maximum atomic E-state index is 12.7. The Morgan fingerprint density at radius 3 is 1.96 bits per heavy atom. The fourth-order valence-electron chi connectivity index (χ4n) is 5.29. The van der Waals surface area contributed by atoms with Gasteiger partial charge in [0.25, 0.3) is 0 Å². The van der Waals surface area contributed by atoms with Gasteiger partial charge in [-0.3, -0.25) is 4.79 Å². The molecule has 50 heavy (non-hydrogen) atoms. The number of para-hydroxylation sites is 1. The molecule has 5 rings (SSSR count). The quantitative estimate of drug-likeness (QED) is 0.0803. The maximum Gasteiger partial charge on any atom is 0.315 e. The van der Waals surface area contributed by atoms with E-state index in [-0.39, 0.29) is 24.4 Å². The molecular formula is C40H44N6O4. The SMILES string of the molecule is C[C@H](Cc1cccc(CC(=O)NCc2ccc(CNC(=O)NCc3ccc(Oc4ccccc4)cc3)cc2)c1)NC[C@H](O)c1ccc(N)nc1. The zero-order chi connectivity index (χ0) is 35.1. The first-order chi connectivity index (χ1) is 24.3. The van der Waals surface area contributed by atoms with E-state index in [1.807, 2.05) is 103 Å². The lowest BCUT2D eigenvalue weighted by molar-refractivity contribution is -0.120. The summed E-state index contributed by atoms with van der Waals surface area (Å²) in [5.41, 5.74) is 11.3. The van der Waals surface area contributed by atoms with Crippen molar-refractivity contribution in [1.82, 2.24) is 26.3 Å². The van der Waals surface area contributed by atoms with Crippen LogP contribution in [0.4, 0.5) is 10.6 Å². The van der Waals surface area contributed by atoms with Crippen molar-refractivity contribution >= 4 is 17.8 Å². The molecule has 10 heteroatoms. The topological polar surface area (TPSA) is 151 Å². The van der Waals surface area contributed by atoms with Gasteiger partial charge in [0.1, 0.15) is 17.3 Å². The minimum atomic E-state index is -0.678. The van der Waals surface area contributed by atoms with Crippen molar-refractivity contribution in [2.75, 3.05) is 12.3 Å². The summed E-state index contributed by atoms with van der Waals surface area (Å²) in [6.07, 6.45) is 1.94. The van der Waals surface area contributed by atoms with Crippen LogP contribution in [-0.4, -0.2) is 34.6 Å². The van der Waals surface area contributed by atoms with Gasteiger partial charge in [0.15, 0.2) is 0 Å². The van der Waals surface area contributed by atoms with Crippen molar-refractivity contribution in [2.24, 2.45) is 0 Å². The Balaban J connectivity index is 0.974. The number of aromatic nitrogens is 1. The molecule has 0 saturated heterocycles. The summed E-state index contributed by atoms with van der Waals surface area (Å²) in [5.74, 6) is 1.86. The smallest absolute Gasteiger partial charge is 0.315 e. The highest BCUT2D eigenvalue weighted by Crippen LogP contribution is 2.21. The van der Waals surface area contributed by atoms with E-state index in [0.29, 0.717) is 37.6 Å². The molecule has 4 aromatic carbocycles. The average molecular weight is 673 g/mol. The van der Waals surface area contributed by atoms with E-state index in [9.17, 15) is 14.7 Å². The lowest BCUT2D eigenvalue weighted by Gasteiger charge is -2.18. The molecular weight excluding hydrogens is 628 g/mol. The minimum absolute atomic E-state index is 0.0608. The van der Waals surface area contributed by atoms with Gasteiger partial charge in [-0.2, -0.15) is 0 Å². The van der Waals surface area contributed by atoms with Crippen LogP contribution in [0.25, 0.3) is 0 Å². The molecule has 10 nitrogen and oxygen atoms in total. The number of nitrogens with two attached hydrogens (primary N) is 1. The Morgan fingerprint density at radius 2 is 1.32 bits per heavy atom. The first kappa shape index (κ1) is 35.6. The molecule has 3 amide bonds. The Hall–Kier alpha value is -5.71. The Labute approximate surface area is 293 Å². The minimum Gasteiger partial charge on any atom is -0.457 e. The van der Waals surface area contributed by atoms with Crippen LogP contribution in [0.15, 0.2) is 121 Å². The van der Waals surface area contributed by atoms with Gasteiger partial charge < -0.3 is 36.8 Å². The fourth-order valence-corrected chi connectivity index (χ4v) is 5.29. The van der Waals surface area contributed by atoms with Crippen molar-refractivity contribution in [2.45, 2.75) is 51.5 Å². The maximum absolute atomic E-state index is 12.7. The van der Waals surface area contributed by atoms with E-state index >= 15 is 0 Å². The molecule has 0 aliphatic heterocycles. The Bertz CT molecular complexity index is 1800. The third kappa shape index (κ3) is 11.8. The molecule has 5 aromatic rings. The summed E-state index contributed by atoms with van der Waals surface area (Å²) in [6.45, 7) is 3.65. The van der Waals surface area contributed by atoms with Crippen molar-refractivity contribution in [3.8, 4) is 11.5 Å². The zero-order valence-corrected chi connectivity index (χ0v) is 28.1. The number of anilines is 1. The first-order valence-electron chi connectivity index (χ1n) is 16.7. The second-order valence-corrected chi connectivity index (χ2v) is 12.2. The van der Waals surface area contributed by atoms with E-state index in [1.54, 1.807) is 18.3 Å². The summed E-state index contributed by atoms with van der Waals surface area (Å²) in [4.78, 5) is 29.1. The molecule has 0 saturated carbocycles. The molecule has 2 atom stereocenters. The molecule has 0 unspecified atom stereocenters. The van der Waals surface area contributed by atoms with Crippen molar-refractivity contribution in [3.63, 3.8) is 0 Å². The monoisotopic (exact) mass is 672 g/mol. The van der Waals surface area contributed by atoms with Crippen LogP contribution in [0, 0.1) is 0 Å². The number of rotatable bonds is 16. The molecule has 1 aromatic heterocycles. The number of pyridine rings is 1. The highest BCUT2D eigenvalue weighted by atomic mass is 16.5. The molecule has 258 valence electrons. The Morgan fingerprint density at radius 1 is 0.720 bits per heavy atom. The predicted molar refractivity (Wildman–Crippen MR) is 195 cm³/mol. The zero-order valence-electron chi connectivity index (χ0n) is 28.1. The van der Waals surface area contributed by atoms with Gasteiger partial charge in [0, 0.05) is 44.0 Å². The van der Waals surface area contributed by atoms with Gasteiger partial charge in [-0.25, -0.2) is 9.78 Å². The van der Waals surface area contributed by atoms with Crippen LogP contribution in [0.1, 0.15) is 46.4 Å². The lowest BCUT2D eigenvalue weighted by Crippen LogP contribution is -2.34. The predicted octanol–water partition coefficient (Wildman–Crippen LogP) is 5.57. The summed E-state index contributed by atoms with van der Waals surface area (Å²) in [6, 6.07) is 36.3. The van der Waals surface area contributed by atoms with Crippen LogP contribution >= 0.6 is 0 Å². The highest BCUT2D eigenvalue weighted by Gasteiger charge is 2.12. The third-order valence-corrected chi connectivity index (χ3v) is 8.07. The molecule has 0 aliphatic carbocycles. The van der Waals surface area contributed by atoms with Crippen LogP contribution in [0.5, 0.6) is 11.5 Å². The van der Waals surface area contributed by atoms with Gasteiger partial charge in [0.05, 0.1) is 12.5 Å². The second-order valence-electron chi connectivity index (χ2n) is 12.2. The van der Waals surface area contributed by atoms with E-state index in [1.165, 1.54) is 0 Å². The first-order valence-corrected chi connectivity index (χ1v) is 16.7. The van der Waals surface area contributed by atoms with Gasteiger partial charge in [-0.15, -0.1) is 0 Å². The lowest BCUT2D eigenvalue weighted by atomic mass is 10.0. The number of urea groups is 1. The number of aliphatic hydroxyl groups is 1. The number of carbonyl (C=O) groups excluding carboxylic acids is 2. The van der Waals surface area contributed by atoms with E-state index in [2.05, 4.69) is 33.2 Å². The molecule has 7 N–H and O–H groups in total. The van der Waals surface area contributed by atoms with Gasteiger partial charge in [-0.05, 0) is 71.5 Å². The largest absolute Gasteiger partial charge is 0.457 e. The van der Waals surface area contributed by atoms with Crippen LogP contribution in [0.3, 0.4) is 0 Å². The number of hydrogen-bond donors (Lipinski definition) is 6. The van der Waals surface area contributed by atoms with Crippen molar-refractivity contribution in [3.05, 3.63) is 155 Å². The number of benzene rings is 4. The average Bonchev–Trinajstić information content (AvgIpc) is 3.13. The van der Waals surface area contributed by atoms with E-state index < -0.39 is 6.10 Å². The van der Waals surface area contributed by atoms with Gasteiger partial charge >= 0.3 is 6.03 Å². The number of nitrogen functional groups attached to an aromatic ring is 1. The van der Waals surface area contributed by atoms with Gasteiger partial charge in [-0.1, -0.05) is 84.9 Å². The second kappa shape index (κ2) is 18.2. The summed E-state index contributed by atoms with van der Waals surface area (Å²) >= 11 is 0. The van der Waals surface area contributed by atoms with Crippen LogP contribution in [-0.2, 0) is 37.3 Å². The third-order valence-electron chi connectivity index (χ3n) is 8.07. The number of nitrogens with one attached hydrogen (secondary N) is 4. The molecule has 1 heterocycles. The standard InChI is InChI=1S/C40H44N6O4/c1-28(42-27-37(47)34-16-19-38(41)43-26-34)20-32-6-5-7-33(21-32)22-39(48)44-23-29-10-12-30(13-11-29)24-45-40(49)46-25-31-14-17-36(18-15-31)50-35-8-3-2-4-9-35/h2-19,21,26,28,37,42,47H,20,22-25,27H2,1H3,(H2,41,43)(H,44,48)(H2,45,46,49)/t28-,37+/m1/s1. The van der Waals surface area contributed by atoms with Crippen LogP contribution < -0.4 is 31.7 Å². The summed E-state index contributed by atoms with van der Waals surface area (Å²) < 4.78 is 5.81. The normalized spacial score (nSPS) is 12.0. The van der Waals surface area contributed by atoms with Crippen LogP contribution in [0.2, 0.25) is 0 Å². The number of aliphatic hydroxyl groups excluding tert-OH is 1. The highest BCUT2D eigenvalue weighted by molar-refractivity contribution is 5.78. The van der Waals surface area contributed by atoms with E-state index in [4.69, 9.17) is 10.5 Å². The van der Waals surface area contributed by atoms with Crippen molar-refractivity contribution < 1.29 is 19.4 Å². The number of hydrogen-bond acceptors (Lipinski definition) is 7. The number of ether oxygens (including phenoxy) is 1. The van der Waals surface area contributed by atoms with Gasteiger partial charge in [0.2, 0.25) is 5.91 Å². The van der Waals surface area contributed by atoms with E-state index in [0.717, 1.165) is 45.7 Å². The van der Waals surface area contributed by atoms with Crippen molar-refractivity contribution in [1.29, 1.82) is 0 Å². The molecule has 0 spiro atoms. The Kier molecular flexibility index (Phi) is 12.9. The summed E-state index contributed by atoms with van der Waals surface area (Å²) in [5, 5.41) is 22.6. The molecule has 0 fully saturated rings. The number of amides is 3. The fraction of sp³-hybridized carbons (Fsp3) is 0.225. The molecule has 0 radical (unpaired) electrons. The molecule has 0 bridgehead atoms.